The summed E-state index contributed by atoms with van der Waals surface area (Å²) >= 11 is 0.932. The van der Waals surface area contributed by atoms with Crippen molar-refractivity contribution in [3.05, 3.63) is 11.3 Å². The van der Waals surface area contributed by atoms with Gasteiger partial charge in [-0.25, -0.2) is 4.79 Å². The summed E-state index contributed by atoms with van der Waals surface area (Å²) in [6.07, 6.45) is 0.155. The summed E-state index contributed by atoms with van der Waals surface area (Å²) in [6.45, 7) is 1.92. The molecule has 1 saturated heterocycles. The lowest BCUT2D eigenvalue weighted by atomic mass is 10.1. The average molecular weight is 283 g/mol. The van der Waals surface area contributed by atoms with E-state index in [1.807, 2.05) is 0 Å². The van der Waals surface area contributed by atoms with Crippen LogP contribution in [0.3, 0.4) is 0 Å². The van der Waals surface area contributed by atoms with Gasteiger partial charge in [0.2, 0.25) is 11.8 Å². The number of nitrogens with one attached hydrogen (secondary N) is 1. The van der Waals surface area contributed by atoms with Gasteiger partial charge in [-0.2, -0.15) is 4.37 Å². The highest BCUT2D eigenvalue weighted by Crippen LogP contribution is 2.26. The number of hydrogen-bond donors (Lipinski definition) is 2. The molecule has 0 aromatic carbocycles. The van der Waals surface area contributed by atoms with Crippen LogP contribution < -0.4 is 5.32 Å². The van der Waals surface area contributed by atoms with E-state index in [2.05, 4.69) is 9.69 Å². The van der Waals surface area contributed by atoms with Crippen molar-refractivity contribution in [2.24, 2.45) is 5.92 Å². The number of amides is 2. The molecule has 1 atom stereocenters. The van der Waals surface area contributed by atoms with Crippen molar-refractivity contribution in [3.8, 4) is 0 Å². The highest BCUT2D eigenvalue weighted by atomic mass is 32.1. The molecule has 1 aromatic rings. The van der Waals surface area contributed by atoms with E-state index in [4.69, 9.17) is 5.11 Å². The fraction of sp³-hybridized carbons (Fsp3) is 0.455. The van der Waals surface area contributed by atoms with Gasteiger partial charge < -0.3 is 15.3 Å². The number of carboxylic acid groups (broad SMARTS) is 1. The largest absolute Gasteiger partial charge is 0.478 e. The summed E-state index contributed by atoms with van der Waals surface area (Å²) in [4.78, 5) is 35.9. The van der Waals surface area contributed by atoms with Crippen LogP contribution in [0.5, 0.6) is 0 Å². The zero-order valence-corrected chi connectivity index (χ0v) is 11.3. The fourth-order valence-corrected chi connectivity index (χ4v) is 2.75. The van der Waals surface area contributed by atoms with Gasteiger partial charge in [0.25, 0.3) is 0 Å². The molecule has 102 valence electrons. The van der Waals surface area contributed by atoms with E-state index < -0.39 is 11.9 Å². The van der Waals surface area contributed by atoms with Crippen molar-refractivity contribution in [2.45, 2.75) is 13.3 Å². The van der Waals surface area contributed by atoms with Crippen LogP contribution in [-0.2, 0) is 9.59 Å². The number of rotatable bonds is 3. The monoisotopic (exact) mass is 283 g/mol. The molecule has 0 radical (unpaired) electrons. The Morgan fingerprint density at radius 1 is 1.53 bits per heavy atom. The Balaban J connectivity index is 2.12. The van der Waals surface area contributed by atoms with E-state index in [9.17, 15) is 14.4 Å². The number of likely N-dealkylation sites (tertiary alicyclic amines) is 1. The summed E-state index contributed by atoms with van der Waals surface area (Å²) in [5, 5.41) is 11.8. The molecule has 0 aliphatic carbocycles. The van der Waals surface area contributed by atoms with E-state index in [0.29, 0.717) is 12.2 Å². The molecule has 0 spiro atoms. The third-order valence-electron chi connectivity index (χ3n) is 3.03. The number of carboxylic acids is 1. The lowest BCUT2D eigenvalue weighted by Crippen LogP contribution is -2.26. The van der Waals surface area contributed by atoms with Crippen molar-refractivity contribution >= 4 is 34.3 Å². The standard InChI is InChI=1S/C11H13N3O4S/c1-5-8(11(17)18)10(19-13-5)12-9(16)6-3-7(15)14(2)4-6/h6H,3-4H2,1-2H3,(H,12,16)(H,17,18). The van der Waals surface area contributed by atoms with Crippen LogP contribution in [0.1, 0.15) is 22.5 Å². The second-order valence-electron chi connectivity index (χ2n) is 4.44. The fourth-order valence-electron chi connectivity index (χ4n) is 1.96. The Labute approximate surface area is 113 Å². The van der Waals surface area contributed by atoms with Gasteiger partial charge in [-0.05, 0) is 18.5 Å². The molecule has 1 aromatic heterocycles. The van der Waals surface area contributed by atoms with Crippen molar-refractivity contribution in [2.75, 3.05) is 18.9 Å². The smallest absolute Gasteiger partial charge is 0.340 e. The minimum atomic E-state index is -1.12. The molecule has 2 amide bonds. The summed E-state index contributed by atoms with van der Waals surface area (Å²) in [5.74, 6) is -1.99. The van der Waals surface area contributed by atoms with E-state index in [1.165, 1.54) is 4.90 Å². The molecule has 0 saturated carbocycles. The summed E-state index contributed by atoms with van der Waals surface area (Å²) in [5.41, 5.74) is 0.378. The lowest BCUT2D eigenvalue weighted by Gasteiger charge is -2.10. The first-order chi connectivity index (χ1) is 8.90. The van der Waals surface area contributed by atoms with Crippen LogP contribution >= 0.6 is 11.5 Å². The van der Waals surface area contributed by atoms with Crippen molar-refractivity contribution in [3.63, 3.8) is 0 Å². The molecule has 7 nitrogen and oxygen atoms in total. The first kappa shape index (κ1) is 13.5. The third-order valence-corrected chi connectivity index (χ3v) is 3.88. The van der Waals surface area contributed by atoms with Crippen molar-refractivity contribution in [1.82, 2.24) is 9.27 Å². The number of carbonyl (C=O) groups excluding carboxylic acids is 2. The van der Waals surface area contributed by atoms with Crippen LogP contribution in [0, 0.1) is 12.8 Å². The van der Waals surface area contributed by atoms with E-state index in [1.54, 1.807) is 14.0 Å². The Morgan fingerprint density at radius 2 is 2.21 bits per heavy atom. The maximum absolute atomic E-state index is 12.0. The Hall–Kier alpha value is -1.96. The second-order valence-corrected chi connectivity index (χ2v) is 5.22. The van der Waals surface area contributed by atoms with Gasteiger partial charge in [-0.3, -0.25) is 9.59 Å². The number of aromatic carboxylic acids is 1. The molecule has 2 rings (SSSR count). The quantitative estimate of drug-likeness (QED) is 0.844. The molecular formula is C11H13N3O4S. The van der Waals surface area contributed by atoms with Gasteiger partial charge >= 0.3 is 5.97 Å². The van der Waals surface area contributed by atoms with Crippen LogP contribution in [0.4, 0.5) is 5.00 Å². The predicted molar refractivity (Wildman–Crippen MR) is 68.2 cm³/mol. The van der Waals surface area contributed by atoms with Gasteiger partial charge in [0, 0.05) is 20.0 Å². The van der Waals surface area contributed by atoms with Gasteiger partial charge in [-0.1, -0.05) is 0 Å². The molecular weight excluding hydrogens is 270 g/mol. The van der Waals surface area contributed by atoms with Gasteiger partial charge in [0.15, 0.2) is 0 Å². The Morgan fingerprint density at radius 3 is 2.74 bits per heavy atom. The van der Waals surface area contributed by atoms with E-state index in [0.717, 1.165) is 11.5 Å². The molecule has 2 heterocycles. The normalized spacial score (nSPS) is 18.7. The lowest BCUT2D eigenvalue weighted by molar-refractivity contribution is -0.127. The molecule has 1 unspecified atom stereocenters. The Bertz CT molecular complexity index is 554. The van der Waals surface area contributed by atoms with Gasteiger partial charge in [0.05, 0.1) is 11.6 Å². The number of hydrogen-bond acceptors (Lipinski definition) is 5. The van der Waals surface area contributed by atoms with Crippen molar-refractivity contribution in [1.29, 1.82) is 0 Å². The van der Waals surface area contributed by atoms with Crippen LogP contribution in [0.25, 0.3) is 0 Å². The topological polar surface area (TPSA) is 99.6 Å². The van der Waals surface area contributed by atoms with E-state index in [-0.39, 0.29) is 28.8 Å². The predicted octanol–water partition coefficient (Wildman–Crippen LogP) is 0.567. The van der Waals surface area contributed by atoms with Gasteiger partial charge in [-0.15, -0.1) is 0 Å². The summed E-state index contributed by atoms with van der Waals surface area (Å²) in [7, 11) is 1.63. The van der Waals surface area contributed by atoms with Gasteiger partial charge in [0.1, 0.15) is 10.6 Å². The maximum atomic E-state index is 12.0. The van der Waals surface area contributed by atoms with E-state index >= 15 is 0 Å². The maximum Gasteiger partial charge on any atom is 0.340 e. The third kappa shape index (κ3) is 2.58. The zero-order chi connectivity index (χ0) is 14.2. The first-order valence-corrected chi connectivity index (χ1v) is 6.42. The minimum absolute atomic E-state index is 0.0102. The first-order valence-electron chi connectivity index (χ1n) is 5.64. The molecule has 1 aliphatic heterocycles. The highest BCUT2D eigenvalue weighted by Gasteiger charge is 2.33. The number of nitrogens with zero attached hydrogens (tertiary/aromatic N) is 2. The molecule has 0 bridgehead atoms. The molecule has 1 aliphatic rings. The van der Waals surface area contributed by atoms with Crippen LogP contribution in [-0.4, -0.2) is 45.8 Å². The summed E-state index contributed by atoms with van der Waals surface area (Å²) in [6, 6.07) is 0. The molecule has 2 N–H and O–H groups in total. The highest BCUT2D eigenvalue weighted by molar-refractivity contribution is 7.11. The SMILES string of the molecule is Cc1nsc(NC(=O)C2CC(=O)N(C)C2)c1C(=O)O. The molecule has 19 heavy (non-hydrogen) atoms. The van der Waals surface area contributed by atoms with Crippen LogP contribution in [0.2, 0.25) is 0 Å². The number of carbonyl (C=O) groups is 3. The summed E-state index contributed by atoms with van der Waals surface area (Å²) < 4.78 is 3.92. The molecule has 1 fully saturated rings. The minimum Gasteiger partial charge on any atom is -0.478 e. The zero-order valence-electron chi connectivity index (χ0n) is 10.5. The average Bonchev–Trinajstić information content (AvgIpc) is 2.84. The van der Waals surface area contributed by atoms with Crippen LogP contribution in [0.15, 0.2) is 0 Å². The number of anilines is 1. The second kappa shape index (κ2) is 4.96. The van der Waals surface area contributed by atoms with Crippen molar-refractivity contribution < 1.29 is 19.5 Å². The Kier molecular flexibility index (Phi) is 3.52. The molecule has 8 heteroatoms. The number of aryl methyl sites for hydroxylation is 1. The number of aromatic nitrogens is 1.